The topological polar surface area (TPSA) is 70.5 Å². The molecule has 7 nitrogen and oxygen atoms in total. The van der Waals surface area contributed by atoms with Crippen molar-refractivity contribution in [1.82, 2.24) is 19.4 Å². The van der Waals surface area contributed by atoms with Crippen LogP contribution in [0.1, 0.15) is 13.0 Å². The van der Waals surface area contributed by atoms with E-state index in [1.807, 2.05) is 28.9 Å². The first-order valence-electron chi connectivity index (χ1n) is 8.57. The molecule has 1 aliphatic rings. The number of benzene rings is 1. The minimum absolute atomic E-state index is 0.0724. The van der Waals surface area contributed by atoms with Gasteiger partial charge in [0.25, 0.3) is 0 Å². The van der Waals surface area contributed by atoms with Gasteiger partial charge in [-0.05, 0) is 19.1 Å². The molecule has 1 atom stereocenters. The SMILES string of the molecule is C[C@@H](C(=O)N1CCN(CC(=O)Nc2ccccc2Cl)CC1)n1ccnc1. The van der Waals surface area contributed by atoms with Gasteiger partial charge in [-0.25, -0.2) is 4.98 Å². The Morgan fingerprint density at radius 3 is 2.62 bits per heavy atom. The van der Waals surface area contributed by atoms with Crippen molar-refractivity contribution < 1.29 is 9.59 Å². The van der Waals surface area contributed by atoms with Gasteiger partial charge in [-0.1, -0.05) is 23.7 Å². The third-order valence-corrected chi connectivity index (χ3v) is 4.86. The van der Waals surface area contributed by atoms with Crippen LogP contribution in [0.5, 0.6) is 0 Å². The van der Waals surface area contributed by atoms with Crippen molar-refractivity contribution in [3.63, 3.8) is 0 Å². The van der Waals surface area contributed by atoms with E-state index in [4.69, 9.17) is 11.6 Å². The second-order valence-corrected chi connectivity index (χ2v) is 6.72. The summed E-state index contributed by atoms with van der Waals surface area (Å²) >= 11 is 6.06. The zero-order chi connectivity index (χ0) is 18.5. The Bertz CT molecular complexity index is 757. The summed E-state index contributed by atoms with van der Waals surface area (Å²) in [5.74, 6) is -0.0344. The first-order chi connectivity index (χ1) is 12.5. The van der Waals surface area contributed by atoms with E-state index >= 15 is 0 Å². The predicted octanol–water partition coefficient (Wildman–Crippen LogP) is 1.88. The molecule has 0 spiro atoms. The maximum absolute atomic E-state index is 12.6. The molecule has 138 valence electrons. The molecule has 0 bridgehead atoms. The summed E-state index contributed by atoms with van der Waals surface area (Å²) in [5.41, 5.74) is 0.613. The van der Waals surface area contributed by atoms with Gasteiger partial charge in [0.05, 0.1) is 23.6 Å². The highest BCUT2D eigenvalue weighted by Crippen LogP contribution is 2.20. The monoisotopic (exact) mass is 375 g/mol. The van der Waals surface area contributed by atoms with Gasteiger partial charge in [-0.3, -0.25) is 14.5 Å². The van der Waals surface area contributed by atoms with E-state index in [1.165, 1.54) is 0 Å². The van der Waals surface area contributed by atoms with Crippen molar-refractivity contribution in [2.45, 2.75) is 13.0 Å². The lowest BCUT2D eigenvalue weighted by molar-refractivity contribution is -0.136. The Morgan fingerprint density at radius 2 is 1.96 bits per heavy atom. The molecule has 1 aliphatic heterocycles. The number of halogens is 1. The largest absolute Gasteiger partial charge is 0.338 e. The molecule has 1 saturated heterocycles. The van der Waals surface area contributed by atoms with E-state index < -0.39 is 0 Å². The van der Waals surface area contributed by atoms with Crippen molar-refractivity contribution in [1.29, 1.82) is 0 Å². The van der Waals surface area contributed by atoms with E-state index in [1.54, 1.807) is 35.4 Å². The van der Waals surface area contributed by atoms with Crippen LogP contribution in [0.3, 0.4) is 0 Å². The van der Waals surface area contributed by atoms with Crippen LogP contribution in [-0.2, 0) is 9.59 Å². The molecule has 3 rings (SSSR count). The van der Waals surface area contributed by atoms with Crippen LogP contribution in [0, 0.1) is 0 Å². The highest BCUT2D eigenvalue weighted by Gasteiger charge is 2.26. The van der Waals surface area contributed by atoms with Gasteiger partial charge in [0.1, 0.15) is 6.04 Å². The van der Waals surface area contributed by atoms with E-state index in [0.717, 1.165) is 0 Å². The van der Waals surface area contributed by atoms with Gasteiger partial charge in [-0.2, -0.15) is 0 Å². The maximum Gasteiger partial charge on any atom is 0.245 e. The highest BCUT2D eigenvalue weighted by molar-refractivity contribution is 6.33. The number of nitrogens with one attached hydrogen (secondary N) is 1. The van der Waals surface area contributed by atoms with Crippen molar-refractivity contribution in [3.8, 4) is 0 Å². The van der Waals surface area contributed by atoms with E-state index in [9.17, 15) is 9.59 Å². The number of nitrogens with zero attached hydrogens (tertiary/aromatic N) is 4. The highest BCUT2D eigenvalue weighted by atomic mass is 35.5. The Morgan fingerprint density at radius 1 is 1.23 bits per heavy atom. The van der Waals surface area contributed by atoms with E-state index in [0.29, 0.717) is 36.9 Å². The zero-order valence-electron chi connectivity index (χ0n) is 14.6. The van der Waals surface area contributed by atoms with Gasteiger partial charge < -0.3 is 14.8 Å². The average Bonchev–Trinajstić information content (AvgIpc) is 3.18. The van der Waals surface area contributed by atoms with Crippen LogP contribution in [0.15, 0.2) is 43.0 Å². The van der Waals surface area contributed by atoms with Crippen LogP contribution in [0.25, 0.3) is 0 Å². The molecule has 1 N–H and O–H groups in total. The summed E-state index contributed by atoms with van der Waals surface area (Å²) in [6, 6.07) is 6.89. The van der Waals surface area contributed by atoms with Crippen LogP contribution < -0.4 is 5.32 Å². The summed E-state index contributed by atoms with van der Waals surface area (Å²) in [4.78, 5) is 32.6. The molecule has 2 heterocycles. The van der Waals surface area contributed by atoms with Crippen molar-refractivity contribution in [3.05, 3.63) is 48.0 Å². The number of imidazole rings is 1. The number of anilines is 1. The first kappa shape index (κ1) is 18.4. The average molecular weight is 376 g/mol. The summed E-state index contributed by atoms with van der Waals surface area (Å²) in [5, 5.41) is 3.34. The van der Waals surface area contributed by atoms with Gasteiger partial charge >= 0.3 is 0 Å². The second kappa shape index (κ2) is 8.33. The van der Waals surface area contributed by atoms with Crippen molar-refractivity contribution in [2.75, 3.05) is 38.0 Å². The van der Waals surface area contributed by atoms with Crippen molar-refractivity contribution in [2.24, 2.45) is 0 Å². The lowest BCUT2D eigenvalue weighted by atomic mass is 10.2. The molecule has 0 aliphatic carbocycles. The van der Waals surface area contributed by atoms with Crippen LogP contribution in [0.2, 0.25) is 5.02 Å². The van der Waals surface area contributed by atoms with Gasteiger partial charge in [-0.15, -0.1) is 0 Å². The lowest BCUT2D eigenvalue weighted by Crippen LogP contribution is -2.51. The summed E-state index contributed by atoms with van der Waals surface area (Å²) in [6.45, 7) is 4.70. The standard InChI is InChI=1S/C18H22ClN5O2/c1-14(24-7-6-20-13-24)18(26)23-10-8-22(9-11-23)12-17(25)21-16-5-3-2-4-15(16)19/h2-7,13-14H,8-12H2,1H3,(H,21,25)/t14-/m0/s1. The molecule has 1 aromatic carbocycles. The maximum atomic E-state index is 12.6. The van der Waals surface area contributed by atoms with E-state index in [-0.39, 0.29) is 24.4 Å². The fraction of sp³-hybridized carbons (Fsp3) is 0.389. The van der Waals surface area contributed by atoms with E-state index in [2.05, 4.69) is 10.3 Å². The molecule has 8 heteroatoms. The smallest absolute Gasteiger partial charge is 0.245 e. The Hall–Kier alpha value is -2.38. The number of amides is 2. The zero-order valence-corrected chi connectivity index (χ0v) is 15.4. The number of hydrogen-bond donors (Lipinski definition) is 1. The van der Waals surface area contributed by atoms with Crippen LogP contribution >= 0.6 is 11.6 Å². The second-order valence-electron chi connectivity index (χ2n) is 6.32. The minimum Gasteiger partial charge on any atom is -0.338 e. The molecule has 2 aromatic rings. The van der Waals surface area contributed by atoms with Gasteiger partial charge in [0.2, 0.25) is 11.8 Å². The molecular weight excluding hydrogens is 354 g/mol. The number of piperazine rings is 1. The summed E-state index contributed by atoms with van der Waals surface area (Å²) in [6.07, 6.45) is 5.11. The molecular formula is C18H22ClN5O2. The number of para-hydroxylation sites is 1. The first-order valence-corrected chi connectivity index (χ1v) is 8.95. The number of hydrogen-bond acceptors (Lipinski definition) is 4. The number of carbonyl (C=O) groups excluding carboxylic acids is 2. The third-order valence-electron chi connectivity index (χ3n) is 4.53. The Kier molecular flexibility index (Phi) is 5.90. The van der Waals surface area contributed by atoms with Gasteiger partial charge in [0, 0.05) is 38.6 Å². The molecule has 2 amide bonds. The van der Waals surface area contributed by atoms with Crippen LogP contribution in [-0.4, -0.2) is 63.9 Å². The Labute approximate surface area is 157 Å². The summed E-state index contributed by atoms with van der Waals surface area (Å²) in [7, 11) is 0. The van der Waals surface area contributed by atoms with Gasteiger partial charge in [0.15, 0.2) is 0 Å². The predicted molar refractivity (Wildman–Crippen MR) is 100 cm³/mol. The fourth-order valence-corrected chi connectivity index (χ4v) is 3.16. The normalized spacial score (nSPS) is 16.3. The van der Waals surface area contributed by atoms with Crippen molar-refractivity contribution >= 4 is 29.1 Å². The number of carbonyl (C=O) groups is 2. The molecule has 0 radical (unpaired) electrons. The number of rotatable bonds is 5. The molecule has 0 unspecified atom stereocenters. The van der Waals surface area contributed by atoms with Crippen LogP contribution in [0.4, 0.5) is 5.69 Å². The Balaban J connectivity index is 1.47. The molecule has 26 heavy (non-hydrogen) atoms. The summed E-state index contributed by atoms with van der Waals surface area (Å²) < 4.78 is 1.80. The molecule has 1 aromatic heterocycles. The minimum atomic E-state index is -0.271. The third kappa shape index (κ3) is 4.42. The quantitative estimate of drug-likeness (QED) is 0.866. The lowest BCUT2D eigenvalue weighted by Gasteiger charge is -2.35. The number of aromatic nitrogens is 2. The molecule has 1 fully saturated rings. The fourth-order valence-electron chi connectivity index (χ4n) is 2.97. The molecule has 0 saturated carbocycles.